The van der Waals surface area contributed by atoms with Gasteiger partial charge in [-0.25, -0.2) is 0 Å². The summed E-state index contributed by atoms with van der Waals surface area (Å²) in [5.74, 6) is 0.711. The van der Waals surface area contributed by atoms with Gasteiger partial charge < -0.3 is 9.84 Å². The zero-order valence-corrected chi connectivity index (χ0v) is 13.8. The van der Waals surface area contributed by atoms with Crippen LogP contribution in [-0.4, -0.2) is 12.2 Å². The van der Waals surface area contributed by atoms with Crippen molar-refractivity contribution >= 4 is 15.9 Å². The molecular formula is C17H19BrO2. The molecule has 1 N–H and O–H groups in total. The fourth-order valence-electron chi connectivity index (χ4n) is 2.70. The van der Waals surface area contributed by atoms with E-state index in [1.54, 1.807) is 14.0 Å². The standard InChI is InChI=1S/C17H19BrO2/c1-11-9-12(2)16(15(10-11)20-4)17(3,19)13-7-5-6-8-14(13)18/h5-10,19H,1-4H3. The second-order valence-electron chi connectivity index (χ2n) is 5.21. The number of aliphatic hydroxyl groups is 1. The number of rotatable bonds is 3. The molecule has 0 amide bonds. The van der Waals surface area contributed by atoms with E-state index in [0.717, 1.165) is 26.7 Å². The van der Waals surface area contributed by atoms with E-state index >= 15 is 0 Å². The van der Waals surface area contributed by atoms with Gasteiger partial charge in [0.1, 0.15) is 11.4 Å². The summed E-state index contributed by atoms with van der Waals surface area (Å²) < 4.78 is 6.36. The highest BCUT2D eigenvalue weighted by Gasteiger charge is 2.32. The van der Waals surface area contributed by atoms with Gasteiger partial charge in [-0.15, -0.1) is 0 Å². The fourth-order valence-corrected chi connectivity index (χ4v) is 3.37. The number of hydrogen-bond donors (Lipinski definition) is 1. The first-order valence-corrected chi connectivity index (χ1v) is 7.30. The Bertz CT molecular complexity index is 633. The quantitative estimate of drug-likeness (QED) is 0.905. The Hall–Kier alpha value is -1.32. The Labute approximate surface area is 128 Å². The van der Waals surface area contributed by atoms with E-state index in [2.05, 4.69) is 22.0 Å². The van der Waals surface area contributed by atoms with Crippen LogP contribution >= 0.6 is 15.9 Å². The first-order chi connectivity index (χ1) is 9.37. The van der Waals surface area contributed by atoms with Crippen molar-refractivity contribution < 1.29 is 9.84 Å². The fraction of sp³-hybridized carbons (Fsp3) is 0.294. The van der Waals surface area contributed by atoms with Gasteiger partial charge >= 0.3 is 0 Å². The van der Waals surface area contributed by atoms with Gasteiger partial charge in [0.15, 0.2) is 0 Å². The topological polar surface area (TPSA) is 29.5 Å². The number of methoxy groups -OCH3 is 1. The number of hydrogen-bond acceptors (Lipinski definition) is 2. The van der Waals surface area contributed by atoms with Gasteiger partial charge in [-0.05, 0) is 44.0 Å². The first-order valence-electron chi connectivity index (χ1n) is 6.51. The third-order valence-corrected chi connectivity index (χ3v) is 4.24. The highest BCUT2D eigenvalue weighted by molar-refractivity contribution is 9.10. The van der Waals surface area contributed by atoms with Gasteiger partial charge in [0.2, 0.25) is 0 Å². The Morgan fingerprint density at radius 1 is 1.15 bits per heavy atom. The normalized spacial score (nSPS) is 13.9. The van der Waals surface area contributed by atoms with Gasteiger partial charge in [0.05, 0.1) is 7.11 Å². The largest absolute Gasteiger partial charge is 0.496 e. The Morgan fingerprint density at radius 3 is 2.40 bits per heavy atom. The lowest BCUT2D eigenvalue weighted by molar-refractivity contribution is 0.0974. The third-order valence-electron chi connectivity index (χ3n) is 3.55. The third kappa shape index (κ3) is 2.60. The van der Waals surface area contributed by atoms with E-state index in [9.17, 15) is 5.11 Å². The van der Waals surface area contributed by atoms with Gasteiger partial charge in [0.25, 0.3) is 0 Å². The molecule has 0 saturated heterocycles. The van der Waals surface area contributed by atoms with Crippen molar-refractivity contribution in [1.29, 1.82) is 0 Å². The average molecular weight is 335 g/mol. The van der Waals surface area contributed by atoms with Gasteiger partial charge in [-0.2, -0.15) is 0 Å². The highest BCUT2D eigenvalue weighted by Crippen LogP contribution is 2.40. The summed E-state index contributed by atoms with van der Waals surface area (Å²) in [4.78, 5) is 0. The van der Waals surface area contributed by atoms with Crippen molar-refractivity contribution in [1.82, 2.24) is 0 Å². The van der Waals surface area contributed by atoms with Crippen LogP contribution in [0.3, 0.4) is 0 Å². The summed E-state index contributed by atoms with van der Waals surface area (Å²) in [5.41, 5.74) is 2.64. The van der Waals surface area contributed by atoms with E-state index in [0.29, 0.717) is 5.75 Å². The maximum absolute atomic E-state index is 11.1. The summed E-state index contributed by atoms with van der Waals surface area (Å²) in [7, 11) is 1.63. The van der Waals surface area contributed by atoms with Crippen LogP contribution < -0.4 is 4.74 Å². The minimum atomic E-state index is -1.12. The average Bonchev–Trinajstić information content (AvgIpc) is 2.37. The minimum Gasteiger partial charge on any atom is -0.496 e. The smallest absolute Gasteiger partial charge is 0.125 e. The van der Waals surface area contributed by atoms with Crippen LogP contribution in [0, 0.1) is 13.8 Å². The summed E-state index contributed by atoms with van der Waals surface area (Å²) in [6.07, 6.45) is 0. The zero-order chi connectivity index (χ0) is 14.9. The summed E-state index contributed by atoms with van der Waals surface area (Å²) in [6, 6.07) is 11.7. The molecule has 2 aromatic rings. The second kappa shape index (κ2) is 5.58. The molecule has 20 heavy (non-hydrogen) atoms. The van der Waals surface area contributed by atoms with Crippen LogP contribution in [0.15, 0.2) is 40.9 Å². The molecule has 0 aliphatic rings. The van der Waals surface area contributed by atoms with Crippen molar-refractivity contribution in [2.24, 2.45) is 0 Å². The van der Waals surface area contributed by atoms with Crippen LogP contribution in [0.25, 0.3) is 0 Å². The summed E-state index contributed by atoms with van der Waals surface area (Å²) in [5, 5.41) is 11.1. The zero-order valence-electron chi connectivity index (χ0n) is 12.2. The van der Waals surface area contributed by atoms with Gasteiger partial charge in [-0.3, -0.25) is 0 Å². The van der Waals surface area contributed by atoms with E-state index in [4.69, 9.17) is 4.74 Å². The van der Waals surface area contributed by atoms with Crippen LogP contribution in [0.1, 0.15) is 29.2 Å². The molecule has 0 heterocycles. The molecule has 0 aliphatic carbocycles. The van der Waals surface area contributed by atoms with Crippen LogP contribution in [-0.2, 0) is 5.60 Å². The predicted molar refractivity (Wildman–Crippen MR) is 85.3 cm³/mol. The van der Waals surface area contributed by atoms with Crippen LogP contribution in [0.2, 0.25) is 0 Å². The molecule has 1 unspecified atom stereocenters. The molecule has 0 aromatic heterocycles. The molecular weight excluding hydrogens is 316 g/mol. The number of aryl methyl sites for hydroxylation is 2. The molecule has 2 rings (SSSR count). The number of halogens is 1. The summed E-state index contributed by atoms with van der Waals surface area (Å²) in [6.45, 7) is 5.82. The maximum Gasteiger partial charge on any atom is 0.125 e. The molecule has 0 fully saturated rings. The first kappa shape index (κ1) is 15.1. The second-order valence-corrected chi connectivity index (χ2v) is 6.07. The molecule has 0 aliphatic heterocycles. The molecule has 2 aromatic carbocycles. The maximum atomic E-state index is 11.1. The van der Waals surface area contributed by atoms with Crippen molar-refractivity contribution in [3.05, 3.63) is 63.1 Å². The monoisotopic (exact) mass is 334 g/mol. The highest BCUT2D eigenvalue weighted by atomic mass is 79.9. The molecule has 1 atom stereocenters. The SMILES string of the molecule is COc1cc(C)cc(C)c1C(C)(O)c1ccccc1Br. The lowest BCUT2D eigenvalue weighted by Crippen LogP contribution is -2.25. The van der Waals surface area contributed by atoms with E-state index in [1.807, 2.05) is 44.2 Å². The number of benzene rings is 2. The van der Waals surface area contributed by atoms with Crippen molar-refractivity contribution in [3.8, 4) is 5.75 Å². The predicted octanol–water partition coefficient (Wildman–Crippen LogP) is 4.33. The van der Waals surface area contributed by atoms with Crippen LogP contribution in [0.4, 0.5) is 0 Å². The molecule has 0 saturated carbocycles. The van der Waals surface area contributed by atoms with E-state index in [1.165, 1.54) is 0 Å². The van der Waals surface area contributed by atoms with Crippen molar-refractivity contribution in [3.63, 3.8) is 0 Å². The molecule has 3 heteroatoms. The van der Waals surface area contributed by atoms with E-state index < -0.39 is 5.60 Å². The van der Waals surface area contributed by atoms with Crippen molar-refractivity contribution in [2.45, 2.75) is 26.4 Å². The van der Waals surface area contributed by atoms with Gasteiger partial charge in [-0.1, -0.05) is 40.2 Å². The summed E-state index contributed by atoms with van der Waals surface area (Å²) >= 11 is 3.51. The Balaban J connectivity index is 2.69. The molecule has 0 radical (unpaired) electrons. The van der Waals surface area contributed by atoms with E-state index in [-0.39, 0.29) is 0 Å². The van der Waals surface area contributed by atoms with Gasteiger partial charge in [0, 0.05) is 15.6 Å². The Kier molecular flexibility index (Phi) is 4.21. The minimum absolute atomic E-state index is 0.711. The molecule has 2 nitrogen and oxygen atoms in total. The van der Waals surface area contributed by atoms with Crippen molar-refractivity contribution in [2.75, 3.05) is 7.11 Å². The van der Waals surface area contributed by atoms with Crippen LogP contribution in [0.5, 0.6) is 5.75 Å². The lowest BCUT2D eigenvalue weighted by Gasteiger charge is -2.29. The Morgan fingerprint density at radius 2 is 1.80 bits per heavy atom. The molecule has 106 valence electrons. The molecule has 0 spiro atoms. The molecule has 0 bridgehead atoms. The number of ether oxygens (including phenoxy) is 1. The lowest BCUT2D eigenvalue weighted by atomic mass is 9.84.